The first kappa shape index (κ1) is 18.3. The van der Waals surface area contributed by atoms with Crippen LogP contribution in [0.15, 0.2) is 0 Å². The topological polar surface area (TPSA) is 122 Å². The fraction of sp³-hybridized carbons (Fsp3) is 0.600. The molecule has 0 fully saturated rings. The summed E-state index contributed by atoms with van der Waals surface area (Å²) >= 11 is 0. The van der Waals surface area contributed by atoms with Crippen LogP contribution in [-0.4, -0.2) is 54.4 Å². The minimum absolute atomic E-state index is 0. The maximum absolute atomic E-state index is 11.7. The van der Waals surface area contributed by atoms with E-state index in [2.05, 4.69) is 20.8 Å². The fourth-order valence-electron chi connectivity index (χ4n) is 1.45. The number of amides is 1. The molecule has 0 aliphatic rings. The van der Waals surface area contributed by atoms with E-state index < -0.39 is 10.8 Å². The number of rotatable bonds is 8. The molecule has 0 spiro atoms. The standard InChI is InChI=1S/C10H17N5O4.ClH/c1-7-9(15(17)18)8(14-13-7)10(16)12-4-3-11-5-6-19-2;/h11H,3-6H2,1-2H3,(H,12,16)(H,13,14);1H. The summed E-state index contributed by atoms with van der Waals surface area (Å²) in [6.07, 6.45) is 0. The van der Waals surface area contributed by atoms with E-state index in [0.717, 1.165) is 0 Å². The lowest BCUT2D eigenvalue weighted by Crippen LogP contribution is -2.33. The zero-order valence-corrected chi connectivity index (χ0v) is 12.1. The summed E-state index contributed by atoms with van der Waals surface area (Å²) in [4.78, 5) is 21.9. The Bertz CT molecular complexity index is 451. The van der Waals surface area contributed by atoms with E-state index in [1.165, 1.54) is 6.92 Å². The van der Waals surface area contributed by atoms with Gasteiger partial charge in [-0.15, -0.1) is 12.4 Å². The number of aryl methyl sites for hydroxylation is 1. The van der Waals surface area contributed by atoms with E-state index in [-0.39, 0.29) is 29.5 Å². The molecule has 0 atom stereocenters. The summed E-state index contributed by atoms with van der Waals surface area (Å²) in [5.74, 6) is -0.565. The number of H-pyrrole nitrogens is 1. The van der Waals surface area contributed by atoms with Crippen LogP contribution >= 0.6 is 12.4 Å². The quantitative estimate of drug-likeness (QED) is 0.353. The molecule has 1 heterocycles. The third-order valence-corrected chi connectivity index (χ3v) is 2.38. The Hall–Kier alpha value is -1.71. The average molecular weight is 308 g/mol. The van der Waals surface area contributed by atoms with Gasteiger partial charge in [0.25, 0.3) is 5.91 Å². The molecule has 0 aliphatic heterocycles. The van der Waals surface area contributed by atoms with Crippen LogP contribution < -0.4 is 10.6 Å². The number of ether oxygens (including phenoxy) is 1. The van der Waals surface area contributed by atoms with E-state index in [4.69, 9.17) is 4.74 Å². The number of halogens is 1. The van der Waals surface area contributed by atoms with Gasteiger partial charge >= 0.3 is 5.69 Å². The largest absolute Gasteiger partial charge is 0.383 e. The van der Waals surface area contributed by atoms with Crippen molar-refractivity contribution in [2.75, 3.05) is 33.4 Å². The maximum Gasteiger partial charge on any atom is 0.322 e. The first-order valence-electron chi connectivity index (χ1n) is 5.75. The number of carbonyl (C=O) groups excluding carboxylic acids is 1. The Morgan fingerprint density at radius 3 is 2.75 bits per heavy atom. The van der Waals surface area contributed by atoms with Gasteiger partial charge in [-0.3, -0.25) is 20.0 Å². The van der Waals surface area contributed by atoms with Crippen LogP contribution in [0.25, 0.3) is 0 Å². The number of aromatic amines is 1. The second kappa shape index (κ2) is 9.23. The molecule has 10 heteroatoms. The molecule has 0 saturated carbocycles. The van der Waals surface area contributed by atoms with E-state index in [0.29, 0.717) is 26.2 Å². The van der Waals surface area contributed by atoms with E-state index in [1.54, 1.807) is 7.11 Å². The summed E-state index contributed by atoms with van der Waals surface area (Å²) in [7, 11) is 1.60. The first-order valence-corrected chi connectivity index (χ1v) is 5.75. The molecule has 0 aliphatic carbocycles. The van der Waals surface area contributed by atoms with Crippen LogP contribution in [0.2, 0.25) is 0 Å². The highest BCUT2D eigenvalue weighted by atomic mass is 35.5. The third-order valence-electron chi connectivity index (χ3n) is 2.38. The Balaban J connectivity index is 0.00000361. The van der Waals surface area contributed by atoms with Crippen molar-refractivity contribution in [3.05, 3.63) is 21.5 Å². The molecule has 0 saturated heterocycles. The van der Waals surface area contributed by atoms with Gasteiger partial charge in [-0.2, -0.15) is 5.10 Å². The number of nitrogens with zero attached hydrogens (tertiary/aromatic N) is 2. The van der Waals surface area contributed by atoms with Gasteiger partial charge in [0.1, 0.15) is 5.69 Å². The molecule has 20 heavy (non-hydrogen) atoms. The third kappa shape index (κ3) is 5.11. The average Bonchev–Trinajstić information content (AvgIpc) is 2.75. The minimum Gasteiger partial charge on any atom is -0.383 e. The van der Waals surface area contributed by atoms with E-state index >= 15 is 0 Å². The maximum atomic E-state index is 11.7. The monoisotopic (exact) mass is 307 g/mol. The molecule has 114 valence electrons. The molecule has 1 aromatic rings. The number of methoxy groups -OCH3 is 1. The Morgan fingerprint density at radius 1 is 1.45 bits per heavy atom. The number of aromatic nitrogens is 2. The molecule has 3 N–H and O–H groups in total. The number of nitro groups is 1. The predicted octanol–water partition coefficient (Wildman–Crippen LogP) is 0.0139. The number of carbonyl (C=O) groups is 1. The second-order valence-corrected chi connectivity index (χ2v) is 3.80. The highest BCUT2D eigenvalue weighted by molar-refractivity contribution is 5.96. The zero-order chi connectivity index (χ0) is 14.3. The summed E-state index contributed by atoms with van der Waals surface area (Å²) in [5.41, 5.74) is -0.224. The zero-order valence-electron chi connectivity index (χ0n) is 11.3. The lowest BCUT2D eigenvalue weighted by Gasteiger charge is -2.04. The fourth-order valence-corrected chi connectivity index (χ4v) is 1.45. The molecule has 0 unspecified atom stereocenters. The van der Waals surface area contributed by atoms with E-state index in [1.807, 2.05) is 0 Å². The first-order chi connectivity index (χ1) is 9.07. The number of hydrogen-bond donors (Lipinski definition) is 3. The van der Waals surface area contributed by atoms with Crippen LogP contribution in [0.1, 0.15) is 16.2 Å². The van der Waals surface area contributed by atoms with Gasteiger partial charge in [-0.1, -0.05) is 0 Å². The number of hydrogen-bond acceptors (Lipinski definition) is 6. The van der Waals surface area contributed by atoms with Crippen LogP contribution in [0.3, 0.4) is 0 Å². The van der Waals surface area contributed by atoms with Crippen molar-refractivity contribution in [1.29, 1.82) is 0 Å². The van der Waals surface area contributed by atoms with Crippen molar-refractivity contribution in [3.63, 3.8) is 0 Å². The summed E-state index contributed by atoms with van der Waals surface area (Å²) < 4.78 is 4.84. The van der Waals surface area contributed by atoms with Crippen molar-refractivity contribution in [1.82, 2.24) is 20.8 Å². The molecule has 0 aromatic carbocycles. The summed E-state index contributed by atoms with van der Waals surface area (Å²) in [5, 5.41) is 22.5. The minimum atomic E-state index is -0.620. The van der Waals surface area contributed by atoms with E-state index in [9.17, 15) is 14.9 Å². The lowest BCUT2D eigenvalue weighted by atomic mass is 10.3. The van der Waals surface area contributed by atoms with Gasteiger partial charge in [0.05, 0.1) is 11.5 Å². The van der Waals surface area contributed by atoms with Gasteiger partial charge in [0.15, 0.2) is 0 Å². The highest BCUT2D eigenvalue weighted by Gasteiger charge is 2.26. The molecule has 1 aromatic heterocycles. The summed E-state index contributed by atoms with van der Waals surface area (Å²) in [6, 6.07) is 0. The highest BCUT2D eigenvalue weighted by Crippen LogP contribution is 2.19. The Morgan fingerprint density at radius 2 is 2.15 bits per heavy atom. The van der Waals surface area contributed by atoms with Crippen molar-refractivity contribution in [2.45, 2.75) is 6.92 Å². The second-order valence-electron chi connectivity index (χ2n) is 3.80. The predicted molar refractivity (Wildman–Crippen MR) is 74.3 cm³/mol. The molecule has 1 amide bonds. The van der Waals surface area contributed by atoms with Crippen LogP contribution in [-0.2, 0) is 4.74 Å². The van der Waals surface area contributed by atoms with Gasteiger partial charge in [-0.05, 0) is 6.92 Å². The van der Waals surface area contributed by atoms with Crippen LogP contribution in [0, 0.1) is 17.0 Å². The van der Waals surface area contributed by atoms with Gasteiger partial charge in [0.2, 0.25) is 5.69 Å². The smallest absolute Gasteiger partial charge is 0.322 e. The Labute approximate surface area is 122 Å². The molecular formula is C10H18ClN5O4. The molecule has 9 nitrogen and oxygen atoms in total. The van der Waals surface area contributed by atoms with Crippen molar-refractivity contribution in [2.24, 2.45) is 0 Å². The van der Waals surface area contributed by atoms with Gasteiger partial charge in [-0.25, -0.2) is 0 Å². The molecule has 0 bridgehead atoms. The van der Waals surface area contributed by atoms with Crippen molar-refractivity contribution >= 4 is 24.0 Å². The normalized spacial score (nSPS) is 9.90. The van der Waals surface area contributed by atoms with Crippen LogP contribution in [0.5, 0.6) is 0 Å². The Kier molecular flexibility index (Phi) is 8.45. The van der Waals surface area contributed by atoms with Gasteiger partial charge < -0.3 is 15.4 Å². The van der Waals surface area contributed by atoms with Crippen molar-refractivity contribution in [3.8, 4) is 0 Å². The molecule has 1 rings (SSSR count). The lowest BCUT2D eigenvalue weighted by molar-refractivity contribution is -0.385. The van der Waals surface area contributed by atoms with Gasteiger partial charge in [0, 0.05) is 26.7 Å². The molecule has 0 radical (unpaired) electrons. The molecular weight excluding hydrogens is 290 g/mol. The van der Waals surface area contributed by atoms with Crippen LogP contribution in [0.4, 0.5) is 5.69 Å². The number of nitrogens with one attached hydrogen (secondary N) is 3. The SMILES string of the molecule is COCCNCCNC(=O)c1n[nH]c(C)c1[N+](=O)[O-].Cl. The summed E-state index contributed by atoms with van der Waals surface area (Å²) in [6.45, 7) is 3.65. The van der Waals surface area contributed by atoms with Crippen molar-refractivity contribution < 1.29 is 14.5 Å².